The first kappa shape index (κ1) is 14.8. The molecule has 18 heavy (non-hydrogen) atoms. The number of nitrogens with two attached hydrogens (primary N) is 1. The van der Waals surface area contributed by atoms with E-state index in [0.29, 0.717) is 12.5 Å². The number of nitrogens with one attached hydrogen (secondary N) is 1. The van der Waals surface area contributed by atoms with E-state index in [1.165, 1.54) is 24.2 Å². The maximum Gasteiger partial charge on any atom is 0.318 e. The van der Waals surface area contributed by atoms with E-state index >= 15 is 0 Å². The summed E-state index contributed by atoms with van der Waals surface area (Å²) in [5.41, 5.74) is 5.18. The smallest absolute Gasteiger partial charge is 0.318 e. The van der Waals surface area contributed by atoms with E-state index in [2.05, 4.69) is 5.32 Å². The fraction of sp³-hybridized carbons (Fsp3) is 0.846. The molecule has 0 aliphatic heterocycles. The van der Waals surface area contributed by atoms with Crippen LogP contribution >= 0.6 is 0 Å². The molecule has 0 aromatic carbocycles. The minimum Gasteiger partial charge on any atom is -0.368 e. The third-order valence-electron chi connectivity index (χ3n) is 3.15. The third-order valence-corrected chi connectivity index (χ3v) is 3.15. The highest BCUT2D eigenvalue weighted by Crippen LogP contribution is 2.17. The molecule has 5 nitrogen and oxygen atoms in total. The lowest BCUT2D eigenvalue weighted by Gasteiger charge is -2.28. The summed E-state index contributed by atoms with van der Waals surface area (Å²) in [6.07, 6.45) is 5.68. The van der Waals surface area contributed by atoms with Crippen LogP contribution in [0.4, 0.5) is 4.79 Å². The van der Waals surface area contributed by atoms with Crippen molar-refractivity contribution in [3.63, 3.8) is 0 Å². The quantitative estimate of drug-likeness (QED) is 0.780. The average molecular weight is 255 g/mol. The molecule has 0 saturated heterocycles. The van der Waals surface area contributed by atoms with E-state index in [4.69, 9.17) is 5.73 Å². The Morgan fingerprint density at radius 3 is 2.39 bits per heavy atom. The summed E-state index contributed by atoms with van der Waals surface area (Å²) in [5.74, 6) is -0.143. The van der Waals surface area contributed by atoms with Crippen LogP contribution in [0.15, 0.2) is 0 Å². The average Bonchev–Trinajstić information content (AvgIpc) is 2.28. The predicted octanol–water partition coefficient (Wildman–Crippen LogP) is 1.47. The van der Waals surface area contributed by atoms with Crippen LogP contribution in [0, 0.1) is 5.92 Å². The minimum atomic E-state index is -0.463. The molecule has 0 radical (unpaired) electrons. The van der Waals surface area contributed by atoms with Crippen molar-refractivity contribution in [1.82, 2.24) is 10.2 Å². The van der Waals surface area contributed by atoms with Crippen molar-refractivity contribution in [2.24, 2.45) is 11.7 Å². The molecular weight excluding hydrogens is 230 g/mol. The zero-order chi connectivity index (χ0) is 13.5. The molecule has 0 heterocycles. The van der Waals surface area contributed by atoms with Gasteiger partial charge in [-0.2, -0.15) is 0 Å². The topological polar surface area (TPSA) is 75.4 Å². The number of primary amides is 1. The van der Waals surface area contributed by atoms with Crippen LogP contribution in [0.1, 0.15) is 46.0 Å². The molecule has 0 unspecified atom stereocenters. The highest BCUT2D eigenvalue weighted by molar-refractivity contribution is 5.83. The molecule has 0 aromatic heterocycles. The lowest BCUT2D eigenvalue weighted by atomic mass is 9.96. The highest BCUT2D eigenvalue weighted by Gasteiger charge is 2.21. The summed E-state index contributed by atoms with van der Waals surface area (Å²) >= 11 is 0. The maximum absolute atomic E-state index is 12.1. The monoisotopic (exact) mass is 255 g/mol. The number of carbonyl (C=O) groups is 2. The van der Waals surface area contributed by atoms with Gasteiger partial charge in [0, 0.05) is 12.6 Å². The summed E-state index contributed by atoms with van der Waals surface area (Å²) < 4.78 is 0. The van der Waals surface area contributed by atoms with E-state index in [1.54, 1.807) is 0 Å². The largest absolute Gasteiger partial charge is 0.368 e. The van der Waals surface area contributed by atoms with Gasteiger partial charge in [-0.1, -0.05) is 33.1 Å². The van der Waals surface area contributed by atoms with Crippen molar-refractivity contribution >= 4 is 11.9 Å². The van der Waals surface area contributed by atoms with Crippen molar-refractivity contribution in [1.29, 1.82) is 0 Å². The van der Waals surface area contributed by atoms with Gasteiger partial charge >= 0.3 is 6.03 Å². The van der Waals surface area contributed by atoms with E-state index in [1.807, 2.05) is 13.8 Å². The molecule has 0 atom stereocenters. The van der Waals surface area contributed by atoms with Crippen LogP contribution in [-0.4, -0.2) is 36.0 Å². The lowest BCUT2D eigenvalue weighted by Crippen LogP contribution is -2.49. The third kappa shape index (κ3) is 5.38. The number of carbonyl (C=O) groups excluding carboxylic acids is 2. The van der Waals surface area contributed by atoms with Gasteiger partial charge in [-0.15, -0.1) is 0 Å². The molecule has 3 amide bonds. The van der Waals surface area contributed by atoms with Gasteiger partial charge in [0.25, 0.3) is 0 Å². The van der Waals surface area contributed by atoms with Crippen LogP contribution in [0.5, 0.6) is 0 Å². The van der Waals surface area contributed by atoms with Crippen molar-refractivity contribution in [2.45, 2.75) is 52.0 Å². The van der Waals surface area contributed by atoms with E-state index in [-0.39, 0.29) is 18.6 Å². The van der Waals surface area contributed by atoms with Crippen molar-refractivity contribution < 1.29 is 9.59 Å². The Labute approximate surface area is 109 Å². The van der Waals surface area contributed by atoms with Gasteiger partial charge in [0.1, 0.15) is 6.54 Å². The van der Waals surface area contributed by atoms with Crippen molar-refractivity contribution in [3.05, 3.63) is 0 Å². The number of hydrogen-bond acceptors (Lipinski definition) is 2. The molecule has 1 rings (SSSR count). The van der Waals surface area contributed by atoms with Gasteiger partial charge in [-0.05, 0) is 18.8 Å². The predicted molar refractivity (Wildman–Crippen MR) is 71.0 cm³/mol. The van der Waals surface area contributed by atoms with Gasteiger partial charge in [0.2, 0.25) is 5.91 Å². The first-order chi connectivity index (χ1) is 8.49. The number of hydrogen-bond donors (Lipinski definition) is 2. The van der Waals surface area contributed by atoms with E-state index in [9.17, 15) is 9.59 Å². The minimum absolute atomic E-state index is 0.00324. The molecule has 1 saturated carbocycles. The summed E-state index contributed by atoms with van der Waals surface area (Å²) in [7, 11) is 0. The highest BCUT2D eigenvalue weighted by atomic mass is 16.2. The van der Waals surface area contributed by atoms with E-state index in [0.717, 1.165) is 12.8 Å². The molecule has 0 aromatic rings. The zero-order valence-electron chi connectivity index (χ0n) is 11.4. The van der Waals surface area contributed by atoms with Gasteiger partial charge < -0.3 is 16.0 Å². The molecule has 0 spiro atoms. The van der Waals surface area contributed by atoms with Crippen LogP contribution in [0.2, 0.25) is 0 Å². The van der Waals surface area contributed by atoms with Crippen LogP contribution in [-0.2, 0) is 4.79 Å². The molecular formula is C13H25N3O2. The number of nitrogens with zero attached hydrogens (tertiary/aromatic N) is 1. The van der Waals surface area contributed by atoms with Gasteiger partial charge in [0.05, 0.1) is 0 Å². The summed E-state index contributed by atoms with van der Waals surface area (Å²) in [5, 5.41) is 3.01. The van der Waals surface area contributed by atoms with Crippen LogP contribution in [0.3, 0.4) is 0 Å². The molecule has 1 aliphatic carbocycles. The Morgan fingerprint density at radius 2 is 1.89 bits per heavy atom. The second kappa shape index (κ2) is 7.24. The SMILES string of the molecule is CC(C)CN(CC(N)=O)C(=O)NC1CCCCC1. The molecule has 1 aliphatic rings. The molecule has 3 N–H and O–H groups in total. The number of rotatable bonds is 5. The van der Waals surface area contributed by atoms with Crippen LogP contribution < -0.4 is 11.1 Å². The Kier molecular flexibility index (Phi) is 5.95. The number of urea groups is 1. The second-order valence-corrected chi connectivity index (χ2v) is 5.53. The molecule has 104 valence electrons. The van der Waals surface area contributed by atoms with Crippen LogP contribution in [0.25, 0.3) is 0 Å². The van der Waals surface area contributed by atoms with Gasteiger partial charge in [0.15, 0.2) is 0 Å². The number of amides is 3. The summed E-state index contributed by atoms with van der Waals surface area (Å²) in [4.78, 5) is 24.6. The Morgan fingerprint density at radius 1 is 1.28 bits per heavy atom. The Balaban J connectivity index is 2.48. The summed E-state index contributed by atoms with van der Waals surface area (Å²) in [6, 6.07) is 0.100. The van der Waals surface area contributed by atoms with Gasteiger partial charge in [-0.25, -0.2) is 4.79 Å². The van der Waals surface area contributed by atoms with Gasteiger partial charge in [-0.3, -0.25) is 4.79 Å². The Hall–Kier alpha value is -1.26. The maximum atomic E-state index is 12.1. The lowest BCUT2D eigenvalue weighted by molar-refractivity contribution is -0.118. The van der Waals surface area contributed by atoms with E-state index < -0.39 is 5.91 Å². The standard InChI is InChI=1S/C13H25N3O2/c1-10(2)8-16(9-12(14)17)13(18)15-11-6-4-3-5-7-11/h10-11H,3-9H2,1-2H3,(H2,14,17)(H,15,18). The molecule has 1 fully saturated rings. The normalized spacial score (nSPS) is 16.6. The fourth-order valence-electron chi connectivity index (χ4n) is 2.36. The summed E-state index contributed by atoms with van der Waals surface area (Å²) in [6.45, 7) is 4.59. The molecule has 5 heteroatoms. The van der Waals surface area contributed by atoms with Crippen molar-refractivity contribution in [3.8, 4) is 0 Å². The second-order valence-electron chi connectivity index (χ2n) is 5.53. The first-order valence-corrected chi connectivity index (χ1v) is 6.82. The molecule has 0 bridgehead atoms. The zero-order valence-corrected chi connectivity index (χ0v) is 11.4. The fourth-order valence-corrected chi connectivity index (χ4v) is 2.36. The first-order valence-electron chi connectivity index (χ1n) is 6.82. The Bertz CT molecular complexity index is 286. The van der Waals surface area contributed by atoms with Crippen molar-refractivity contribution in [2.75, 3.05) is 13.1 Å².